The number of phenols is 2. The fraction of sp³-hybridized carbons (Fsp3) is 0.533. The molecular formula is C15H22F3NO6. The van der Waals surface area contributed by atoms with Gasteiger partial charge in [0.25, 0.3) is 0 Å². The van der Waals surface area contributed by atoms with Crippen LogP contribution in [-0.2, 0) is 11.4 Å². The molecule has 7 nitrogen and oxygen atoms in total. The molecule has 0 saturated heterocycles. The number of carbonyl (C=O) groups is 1. The average molecular weight is 369 g/mol. The highest BCUT2D eigenvalue weighted by Crippen LogP contribution is 2.32. The number of aromatic hydroxyl groups is 2. The van der Waals surface area contributed by atoms with Gasteiger partial charge < -0.3 is 30.8 Å². The number of phenolic OH excluding ortho intramolecular Hbond substituents is 1. The first-order valence-corrected chi connectivity index (χ1v) is 7.08. The van der Waals surface area contributed by atoms with Gasteiger partial charge in [-0.3, -0.25) is 0 Å². The first kappa shape index (κ1) is 23.0. The van der Waals surface area contributed by atoms with Crippen molar-refractivity contribution in [2.45, 2.75) is 45.2 Å². The highest BCUT2D eigenvalue weighted by atomic mass is 19.4. The summed E-state index contributed by atoms with van der Waals surface area (Å²) in [7, 11) is 0. The van der Waals surface area contributed by atoms with E-state index in [0.717, 1.165) is 0 Å². The molecule has 0 fully saturated rings. The lowest BCUT2D eigenvalue weighted by Crippen LogP contribution is -2.38. The monoisotopic (exact) mass is 369 g/mol. The number of nitrogens with one attached hydrogen (secondary N) is 1. The first-order chi connectivity index (χ1) is 11.2. The first-order valence-electron chi connectivity index (χ1n) is 7.08. The smallest absolute Gasteiger partial charge is 0.490 e. The van der Waals surface area contributed by atoms with Crippen LogP contribution in [0.3, 0.4) is 0 Å². The van der Waals surface area contributed by atoms with E-state index in [-0.39, 0.29) is 22.6 Å². The van der Waals surface area contributed by atoms with E-state index in [4.69, 9.17) is 15.0 Å². The van der Waals surface area contributed by atoms with Gasteiger partial charge in [-0.2, -0.15) is 13.2 Å². The molecule has 0 heterocycles. The van der Waals surface area contributed by atoms with Crippen LogP contribution >= 0.6 is 0 Å². The maximum absolute atomic E-state index is 10.6. The van der Waals surface area contributed by atoms with Crippen molar-refractivity contribution in [1.82, 2.24) is 5.32 Å². The SMILES string of the molecule is CC(C)(C)NCC(O)c1cc(O)c(O)c(CO)c1.O=C(O)C(F)(F)F. The van der Waals surface area contributed by atoms with E-state index in [1.807, 2.05) is 20.8 Å². The summed E-state index contributed by atoms with van der Waals surface area (Å²) in [6.07, 6.45) is -5.90. The van der Waals surface area contributed by atoms with E-state index in [1.54, 1.807) is 0 Å². The summed E-state index contributed by atoms with van der Waals surface area (Å²) in [5.74, 6) is -3.45. The van der Waals surface area contributed by atoms with Gasteiger partial charge in [-0.1, -0.05) is 0 Å². The number of aliphatic hydroxyl groups excluding tert-OH is 2. The lowest BCUT2D eigenvalue weighted by molar-refractivity contribution is -0.192. The fourth-order valence-electron chi connectivity index (χ4n) is 1.54. The quantitative estimate of drug-likeness (QED) is 0.445. The van der Waals surface area contributed by atoms with Crippen LogP contribution in [0, 0.1) is 0 Å². The van der Waals surface area contributed by atoms with Crippen LogP contribution in [0.25, 0.3) is 0 Å². The van der Waals surface area contributed by atoms with E-state index >= 15 is 0 Å². The molecule has 1 aromatic rings. The van der Waals surface area contributed by atoms with Gasteiger partial charge in [0, 0.05) is 17.6 Å². The van der Waals surface area contributed by atoms with Gasteiger partial charge in [0.15, 0.2) is 11.5 Å². The van der Waals surface area contributed by atoms with Crippen LogP contribution in [0.2, 0.25) is 0 Å². The van der Waals surface area contributed by atoms with Gasteiger partial charge in [0.2, 0.25) is 0 Å². The molecule has 6 N–H and O–H groups in total. The zero-order chi connectivity index (χ0) is 20.0. The summed E-state index contributed by atoms with van der Waals surface area (Å²) in [6.45, 7) is 5.86. The molecule has 25 heavy (non-hydrogen) atoms. The Kier molecular flexibility index (Phi) is 8.16. The van der Waals surface area contributed by atoms with E-state index in [9.17, 15) is 28.5 Å². The Labute approximate surface area is 142 Å². The molecule has 0 aliphatic rings. The predicted octanol–water partition coefficient (Wildman–Crippen LogP) is 1.64. The van der Waals surface area contributed by atoms with Gasteiger partial charge in [0.1, 0.15) is 0 Å². The number of β-amino-alcohol motifs (C(OH)–C–C–N with tert-alkyl or cyclic N) is 1. The van der Waals surface area contributed by atoms with Crippen LogP contribution in [0.15, 0.2) is 12.1 Å². The summed E-state index contributed by atoms with van der Waals surface area (Å²) in [5, 5.41) is 48.2. The third-order valence-electron chi connectivity index (χ3n) is 2.81. The Bertz CT molecular complexity index is 584. The minimum atomic E-state index is -5.08. The largest absolute Gasteiger partial charge is 0.504 e. The van der Waals surface area contributed by atoms with Gasteiger partial charge in [-0.05, 0) is 38.5 Å². The highest BCUT2D eigenvalue weighted by Gasteiger charge is 2.38. The Hall–Kier alpha value is -2.04. The van der Waals surface area contributed by atoms with Gasteiger partial charge in [-0.25, -0.2) is 4.79 Å². The number of carboxylic acid groups (broad SMARTS) is 1. The molecule has 0 spiro atoms. The minimum absolute atomic E-state index is 0.125. The molecule has 1 unspecified atom stereocenters. The maximum Gasteiger partial charge on any atom is 0.490 e. The molecule has 0 bridgehead atoms. The molecule has 1 rings (SSSR count). The molecule has 0 aliphatic carbocycles. The van der Waals surface area contributed by atoms with Crippen molar-refractivity contribution in [3.05, 3.63) is 23.3 Å². The van der Waals surface area contributed by atoms with Crippen LogP contribution in [0.5, 0.6) is 11.5 Å². The van der Waals surface area contributed by atoms with Crippen molar-refractivity contribution in [3.63, 3.8) is 0 Å². The zero-order valence-corrected chi connectivity index (χ0v) is 13.9. The minimum Gasteiger partial charge on any atom is -0.504 e. The predicted molar refractivity (Wildman–Crippen MR) is 82.1 cm³/mol. The lowest BCUT2D eigenvalue weighted by Gasteiger charge is -2.23. The van der Waals surface area contributed by atoms with Crippen LogP contribution in [0.4, 0.5) is 13.2 Å². The zero-order valence-electron chi connectivity index (χ0n) is 13.9. The second-order valence-corrected chi connectivity index (χ2v) is 6.16. The summed E-state index contributed by atoms with van der Waals surface area (Å²) in [5.41, 5.74) is 0.519. The Morgan fingerprint density at radius 3 is 2.04 bits per heavy atom. The van der Waals surface area contributed by atoms with Crippen molar-refractivity contribution >= 4 is 5.97 Å². The normalized spacial score (nSPS) is 13.0. The number of hydrogen-bond acceptors (Lipinski definition) is 6. The number of hydrogen-bond donors (Lipinski definition) is 6. The van der Waals surface area contributed by atoms with Crippen molar-refractivity contribution in [3.8, 4) is 11.5 Å². The Morgan fingerprint density at radius 1 is 1.20 bits per heavy atom. The van der Waals surface area contributed by atoms with Gasteiger partial charge in [-0.15, -0.1) is 0 Å². The summed E-state index contributed by atoms with van der Waals surface area (Å²) < 4.78 is 31.7. The van der Waals surface area contributed by atoms with Gasteiger partial charge >= 0.3 is 12.1 Å². The van der Waals surface area contributed by atoms with E-state index in [0.29, 0.717) is 12.1 Å². The van der Waals surface area contributed by atoms with Crippen molar-refractivity contribution in [2.24, 2.45) is 0 Å². The van der Waals surface area contributed by atoms with E-state index in [1.165, 1.54) is 12.1 Å². The number of alkyl halides is 3. The Morgan fingerprint density at radius 2 is 1.68 bits per heavy atom. The van der Waals surface area contributed by atoms with Crippen LogP contribution < -0.4 is 5.32 Å². The molecule has 10 heteroatoms. The molecule has 0 aliphatic heterocycles. The third-order valence-corrected chi connectivity index (χ3v) is 2.81. The Balaban J connectivity index is 0.000000697. The molecule has 1 aromatic carbocycles. The van der Waals surface area contributed by atoms with E-state index in [2.05, 4.69) is 5.32 Å². The molecule has 0 radical (unpaired) electrons. The number of aliphatic hydroxyl groups is 2. The topological polar surface area (TPSA) is 130 Å². The molecule has 0 aromatic heterocycles. The molecule has 144 valence electrons. The number of aliphatic carboxylic acids is 1. The fourth-order valence-corrected chi connectivity index (χ4v) is 1.54. The lowest BCUT2D eigenvalue weighted by atomic mass is 10.0. The van der Waals surface area contributed by atoms with Crippen molar-refractivity contribution in [2.75, 3.05) is 6.54 Å². The van der Waals surface area contributed by atoms with Gasteiger partial charge in [0.05, 0.1) is 12.7 Å². The molecule has 0 amide bonds. The molecular weight excluding hydrogens is 347 g/mol. The van der Waals surface area contributed by atoms with Crippen molar-refractivity contribution in [1.29, 1.82) is 0 Å². The van der Waals surface area contributed by atoms with Crippen LogP contribution in [-0.4, -0.2) is 49.8 Å². The summed E-state index contributed by atoms with van der Waals surface area (Å²) >= 11 is 0. The number of halogens is 3. The highest BCUT2D eigenvalue weighted by molar-refractivity contribution is 5.73. The summed E-state index contributed by atoms with van der Waals surface area (Å²) in [4.78, 5) is 8.90. The van der Waals surface area contributed by atoms with E-state index < -0.39 is 24.9 Å². The number of benzene rings is 1. The molecule has 0 saturated carbocycles. The standard InChI is InChI=1S/C13H21NO4.C2HF3O2/c1-13(2,3)14-6-11(17)8-4-9(7-15)12(18)10(16)5-8;3-2(4,5)1(6)7/h4-5,11,14-18H,6-7H2,1-3H3;(H,6,7). The number of carboxylic acids is 1. The number of rotatable bonds is 4. The summed E-state index contributed by atoms with van der Waals surface area (Å²) in [6, 6.07) is 2.77. The second-order valence-electron chi connectivity index (χ2n) is 6.16. The molecule has 1 atom stereocenters. The maximum atomic E-state index is 10.6. The average Bonchev–Trinajstić information content (AvgIpc) is 2.46. The van der Waals surface area contributed by atoms with Crippen LogP contribution in [0.1, 0.15) is 38.0 Å². The van der Waals surface area contributed by atoms with Crippen molar-refractivity contribution < 1.29 is 43.5 Å². The second kappa shape index (κ2) is 8.88. The third kappa shape index (κ3) is 8.57.